The number of allylic oxidation sites excluding steroid dienone is 2. The number of hydrogen-bond donors (Lipinski definition) is 0. The number of nitrogens with zero attached hydrogens (tertiary/aromatic N) is 2. The summed E-state index contributed by atoms with van der Waals surface area (Å²) in [5.41, 5.74) is 1.20. The summed E-state index contributed by atoms with van der Waals surface area (Å²) in [4.78, 5) is 7.27. The van der Waals surface area contributed by atoms with Crippen molar-refractivity contribution in [3.8, 4) is 0 Å². The third-order valence-electron chi connectivity index (χ3n) is 4.35. The highest BCUT2D eigenvalue weighted by molar-refractivity contribution is 7.09. The van der Waals surface area contributed by atoms with Gasteiger partial charge in [-0.05, 0) is 31.6 Å². The Morgan fingerprint density at radius 1 is 1.37 bits per heavy atom. The van der Waals surface area contributed by atoms with Crippen molar-refractivity contribution in [3.05, 3.63) is 28.2 Å². The number of hydrogen-bond acceptors (Lipinski definition) is 4. The van der Waals surface area contributed by atoms with E-state index >= 15 is 0 Å². The Bertz CT molecular complexity index is 441. The van der Waals surface area contributed by atoms with Gasteiger partial charge >= 0.3 is 0 Å². The quantitative estimate of drug-likeness (QED) is 0.791. The molecule has 104 valence electrons. The minimum Gasteiger partial charge on any atom is -0.375 e. The third kappa shape index (κ3) is 2.91. The predicted octanol–water partition coefficient (Wildman–Crippen LogP) is 3.25. The monoisotopic (exact) mass is 278 g/mol. The van der Waals surface area contributed by atoms with Crippen LogP contribution in [0, 0.1) is 11.8 Å². The average molecular weight is 278 g/mol. The summed E-state index contributed by atoms with van der Waals surface area (Å²) < 4.78 is 5.32. The van der Waals surface area contributed by atoms with Gasteiger partial charge in [0.25, 0.3) is 0 Å². The molecule has 1 aromatic heterocycles. The molecule has 1 aliphatic heterocycles. The number of fused-ring (bicyclic) bond motifs is 1. The van der Waals surface area contributed by atoms with E-state index in [2.05, 4.69) is 29.4 Å². The molecule has 2 aliphatic rings. The fraction of sp³-hybridized carbons (Fsp3) is 0.667. The molecule has 0 saturated carbocycles. The zero-order valence-corrected chi connectivity index (χ0v) is 12.5. The number of rotatable bonds is 4. The lowest BCUT2D eigenvalue weighted by Gasteiger charge is -2.18. The second-order valence-electron chi connectivity index (χ2n) is 5.71. The molecule has 1 aliphatic carbocycles. The van der Waals surface area contributed by atoms with Gasteiger partial charge in [-0.2, -0.15) is 0 Å². The summed E-state index contributed by atoms with van der Waals surface area (Å²) in [5, 5.41) is 3.28. The standard InChI is InChI=1S/C15H22N2OS/c1-11(18-2)15-16-14(10-19-15)9-17-7-12-5-3-4-6-13(12)8-17/h3-4,10-13H,5-9H2,1-2H3/t11-,12-,13-/m1/s1. The molecule has 0 bridgehead atoms. The molecule has 0 aromatic carbocycles. The molecule has 3 rings (SSSR count). The lowest BCUT2D eigenvalue weighted by atomic mass is 9.86. The van der Waals surface area contributed by atoms with Crippen molar-refractivity contribution in [1.82, 2.24) is 9.88 Å². The van der Waals surface area contributed by atoms with E-state index in [-0.39, 0.29) is 6.10 Å². The maximum Gasteiger partial charge on any atom is 0.122 e. The van der Waals surface area contributed by atoms with Gasteiger partial charge in [0.2, 0.25) is 0 Å². The summed E-state index contributed by atoms with van der Waals surface area (Å²) in [7, 11) is 1.74. The average Bonchev–Trinajstić information content (AvgIpc) is 3.04. The highest BCUT2D eigenvalue weighted by atomic mass is 32.1. The third-order valence-corrected chi connectivity index (χ3v) is 5.41. The van der Waals surface area contributed by atoms with Crippen LogP contribution in [0.4, 0.5) is 0 Å². The second kappa shape index (κ2) is 5.73. The summed E-state index contributed by atoms with van der Waals surface area (Å²) in [5.74, 6) is 1.75. The van der Waals surface area contributed by atoms with Gasteiger partial charge in [-0.25, -0.2) is 4.98 Å². The summed E-state index contributed by atoms with van der Waals surface area (Å²) >= 11 is 1.72. The van der Waals surface area contributed by atoms with Gasteiger partial charge in [-0.3, -0.25) is 4.90 Å². The molecule has 0 radical (unpaired) electrons. The molecular formula is C15H22N2OS. The number of ether oxygens (including phenoxy) is 1. The van der Waals surface area contributed by atoms with Crippen LogP contribution in [0.15, 0.2) is 17.5 Å². The largest absolute Gasteiger partial charge is 0.375 e. The molecule has 2 heterocycles. The van der Waals surface area contributed by atoms with Crippen molar-refractivity contribution < 1.29 is 4.74 Å². The summed E-state index contributed by atoms with van der Waals surface area (Å²) in [6.45, 7) is 5.53. The van der Waals surface area contributed by atoms with Crippen LogP contribution in [0.2, 0.25) is 0 Å². The number of aromatic nitrogens is 1. The van der Waals surface area contributed by atoms with Crippen LogP contribution < -0.4 is 0 Å². The Hall–Kier alpha value is -0.710. The Kier molecular flexibility index (Phi) is 4.01. The molecule has 3 atom stereocenters. The van der Waals surface area contributed by atoms with E-state index in [4.69, 9.17) is 9.72 Å². The molecule has 0 N–H and O–H groups in total. The Morgan fingerprint density at radius 2 is 2.05 bits per heavy atom. The zero-order valence-electron chi connectivity index (χ0n) is 11.7. The molecule has 1 fully saturated rings. The number of methoxy groups -OCH3 is 1. The molecule has 19 heavy (non-hydrogen) atoms. The molecule has 1 aromatic rings. The van der Waals surface area contributed by atoms with Crippen LogP contribution in [0.3, 0.4) is 0 Å². The minimum atomic E-state index is 0.115. The first-order chi connectivity index (χ1) is 9.26. The van der Waals surface area contributed by atoms with Gasteiger partial charge in [0.15, 0.2) is 0 Å². The molecule has 0 spiro atoms. The first kappa shape index (κ1) is 13.3. The van der Waals surface area contributed by atoms with Crippen molar-refractivity contribution in [2.75, 3.05) is 20.2 Å². The van der Waals surface area contributed by atoms with E-state index < -0.39 is 0 Å². The van der Waals surface area contributed by atoms with Gasteiger partial charge in [0.1, 0.15) is 11.1 Å². The van der Waals surface area contributed by atoms with Gasteiger partial charge in [-0.15, -0.1) is 11.3 Å². The van der Waals surface area contributed by atoms with Crippen LogP contribution >= 0.6 is 11.3 Å². The summed E-state index contributed by atoms with van der Waals surface area (Å²) in [6, 6.07) is 0. The SMILES string of the molecule is CO[C@H](C)c1nc(CN2C[C@H]3CC=CC[C@@H]3C2)cs1. The highest BCUT2D eigenvalue weighted by Crippen LogP contribution is 2.33. The van der Waals surface area contributed by atoms with Crippen LogP contribution in [0.1, 0.15) is 36.6 Å². The predicted molar refractivity (Wildman–Crippen MR) is 78.2 cm³/mol. The van der Waals surface area contributed by atoms with Crippen LogP contribution in [-0.4, -0.2) is 30.1 Å². The second-order valence-corrected chi connectivity index (χ2v) is 6.60. The lowest BCUT2D eigenvalue weighted by Crippen LogP contribution is -2.20. The minimum absolute atomic E-state index is 0.115. The van der Waals surface area contributed by atoms with Crippen LogP contribution in [-0.2, 0) is 11.3 Å². The lowest BCUT2D eigenvalue weighted by molar-refractivity contribution is 0.119. The van der Waals surface area contributed by atoms with E-state index in [9.17, 15) is 0 Å². The van der Waals surface area contributed by atoms with Crippen molar-refractivity contribution in [2.24, 2.45) is 11.8 Å². The van der Waals surface area contributed by atoms with Crippen molar-refractivity contribution in [1.29, 1.82) is 0 Å². The zero-order chi connectivity index (χ0) is 13.2. The molecule has 0 unspecified atom stereocenters. The molecule has 4 heteroatoms. The van der Waals surface area contributed by atoms with Gasteiger partial charge in [0, 0.05) is 32.1 Å². The van der Waals surface area contributed by atoms with E-state index in [1.807, 2.05) is 0 Å². The Balaban J connectivity index is 1.59. The fourth-order valence-corrected chi connectivity index (χ4v) is 3.99. The van der Waals surface area contributed by atoms with E-state index in [1.54, 1.807) is 18.4 Å². The number of likely N-dealkylation sites (tertiary alicyclic amines) is 1. The molecular weight excluding hydrogens is 256 g/mol. The summed E-state index contributed by atoms with van der Waals surface area (Å²) in [6.07, 6.45) is 7.36. The van der Waals surface area contributed by atoms with Crippen molar-refractivity contribution >= 4 is 11.3 Å². The topological polar surface area (TPSA) is 25.4 Å². The first-order valence-electron chi connectivity index (χ1n) is 7.10. The fourth-order valence-electron chi connectivity index (χ4n) is 3.15. The normalized spacial score (nSPS) is 28.5. The highest BCUT2D eigenvalue weighted by Gasteiger charge is 2.32. The smallest absolute Gasteiger partial charge is 0.122 e. The van der Waals surface area contributed by atoms with E-state index in [0.717, 1.165) is 23.4 Å². The molecule has 0 amide bonds. The Labute approximate surface area is 119 Å². The maximum atomic E-state index is 5.32. The van der Waals surface area contributed by atoms with Gasteiger partial charge in [-0.1, -0.05) is 12.2 Å². The van der Waals surface area contributed by atoms with Gasteiger partial charge in [0.05, 0.1) is 5.69 Å². The molecule has 1 saturated heterocycles. The van der Waals surface area contributed by atoms with Gasteiger partial charge < -0.3 is 4.74 Å². The maximum absolute atomic E-state index is 5.32. The van der Waals surface area contributed by atoms with Crippen molar-refractivity contribution in [3.63, 3.8) is 0 Å². The first-order valence-corrected chi connectivity index (χ1v) is 7.98. The van der Waals surface area contributed by atoms with Crippen LogP contribution in [0.25, 0.3) is 0 Å². The number of thiazole rings is 1. The van der Waals surface area contributed by atoms with E-state index in [0.29, 0.717) is 0 Å². The Morgan fingerprint density at radius 3 is 2.68 bits per heavy atom. The van der Waals surface area contributed by atoms with E-state index in [1.165, 1.54) is 31.6 Å². The van der Waals surface area contributed by atoms with Crippen LogP contribution in [0.5, 0.6) is 0 Å². The molecule has 3 nitrogen and oxygen atoms in total. The van der Waals surface area contributed by atoms with Crippen molar-refractivity contribution in [2.45, 2.75) is 32.4 Å².